The van der Waals surface area contributed by atoms with Gasteiger partial charge in [0.2, 0.25) is 0 Å². The fourth-order valence-electron chi connectivity index (χ4n) is 8.74. The number of aromatic amines is 1. The number of nitrogens with one attached hydrogen (secondary N) is 1. The number of hydrogen-bond donors (Lipinski definition) is 2. The smallest absolute Gasteiger partial charge is 0.162 e. The van der Waals surface area contributed by atoms with Crippen molar-refractivity contribution < 1.29 is 19.0 Å². The van der Waals surface area contributed by atoms with Crippen LogP contribution in [0.4, 0.5) is 4.39 Å². The second-order valence-corrected chi connectivity index (χ2v) is 16.8. The van der Waals surface area contributed by atoms with Crippen LogP contribution in [0.15, 0.2) is 71.9 Å². The molecule has 13 heteroatoms. The first-order valence-electron chi connectivity index (χ1n) is 19.4. The molecule has 11 nitrogen and oxygen atoms in total. The second-order valence-electron chi connectivity index (χ2n) is 15.6. The second kappa shape index (κ2) is 14.5. The van der Waals surface area contributed by atoms with Crippen molar-refractivity contribution in [3.8, 4) is 16.5 Å². The van der Waals surface area contributed by atoms with Gasteiger partial charge in [0.05, 0.1) is 36.7 Å². The van der Waals surface area contributed by atoms with Gasteiger partial charge in [0.15, 0.2) is 5.82 Å². The SMILES string of the molecule is Cc1sc2c(c1C)C(c1ccc(OCCOCCN3CC(F)(CN4[C@H](c5ccc(O)cc5)c5ccc6[nH]ncc6c5C[C@H]4C)C3)cc1)=N[C@@H](C)c1nnc(C)n1-2. The molecule has 0 bridgehead atoms. The van der Waals surface area contributed by atoms with Gasteiger partial charge in [-0.2, -0.15) is 5.10 Å². The molecular formula is C43H47FN8O3S. The van der Waals surface area contributed by atoms with Crippen molar-refractivity contribution in [3.05, 3.63) is 117 Å². The highest BCUT2D eigenvalue weighted by Crippen LogP contribution is 2.43. The minimum Gasteiger partial charge on any atom is -0.508 e. The Hall–Kier alpha value is -4.95. The highest BCUT2D eigenvalue weighted by Gasteiger charge is 2.47. The van der Waals surface area contributed by atoms with Crippen LogP contribution in [-0.2, 0) is 11.2 Å². The van der Waals surface area contributed by atoms with E-state index in [0.29, 0.717) is 46.0 Å². The van der Waals surface area contributed by atoms with Crippen molar-refractivity contribution >= 4 is 28.0 Å². The van der Waals surface area contributed by atoms with Crippen LogP contribution in [0.1, 0.15) is 75.8 Å². The number of aryl methyl sites for hydroxylation is 2. The largest absolute Gasteiger partial charge is 0.508 e. The van der Waals surface area contributed by atoms with Gasteiger partial charge < -0.3 is 14.6 Å². The number of benzene rings is 3. The summed E-state index contributed by atoms with van der Waals surface area (Å²) in [5.41, 5.74) is 7.50. The third-order valence-electron chi connectivity index (χ3n) is 11.7. The molecule has 3 aromatic carbocycles. The first-order chi connectivity index (χ1) is 27.1. The van der Waals surface area contributed by atoms with Gasteiger partial charge in [-0.1, -0.05) is 18.2 Å². The molecule has 3 atom stereocenters. The molecule has 0 unspecified atom stereocenters. The number of aliphatic imine (C=N–C) groups is 1. The lowest BCUT2D eigenvalue weighted by atomic mass is 9.82. The first kappa shape index (κ1) is 36.7. The minimum atomic E-state index is -1.32. The number of hydrogen-bond acceptors (Lipinski definition) is 10. The summed E-state index contributed by atoms with van der Waals surface area (Å²) in [6, 6.07) is 19.5. The van der Waals surface area contributed by atoms with Crippen LogP contribution in [-0.4, -0.2) is 103 Å². The number of phenolic OH excluding ortho intramolecular Hbond substituents is 1. The number of aromatic hydroxyl groups is 1. The Morgan fingerprint density at radius 1 is 0.964 bits per heavy atom. The Bertz CT molecular complexity index is 2410. The molecule has 0 saturated carbocycles. The van der Waals surface area contributed by atoms with Crippen molar-refractivity contribution in [2.75, 3.05) is 46.0 Å². The van der Waals surface area contributed by atoms with E-state index in [9.17, 15) is 5.11 Å². The van der Waals surface area contributed by atoms with Gasteiger partial charge in [-0.15, -0.1) is 21.5 Å². The normalized spacial score (nSPS) is 20.5. The highest BCUT2D eigenvalue weighted by atomic mass is 32.1. The number of alkyl halides is 1. The highest BCUT2D eigenvalue weighted by molar-refractivity contribution is 7.15. The maximum absolute atomic E-state index is 16.4. The van der Waals surface area contributed by atoms with E-state index in [2.05, 4.69) is 86.7 Å². The van der Waals surface area contributed by atoms with E-state index in [0.717, 1.165) is 62.1 Å². The van der Waals surface area contributed by atoms with Crippen molar-refractivity contribution in [1.82, 2.24) is 34.8 Å². The summed E-state index contributed by atoms with van der Waals surface area (Å²) in [6.07, 6.45) is 2.71. The molecule has 0 spiro atoms. The molecule has 2 N–H and O–H groups in total. The minimum absolute atomic E-state index is 0.118. The Morgan fingerprint density at radius 3 is 2.54 bits per heavy atom. The number of phenols is 1. The zero-order valence-electron chi connectivity index (χ0n) is 32.4. The fraction of sp³-hybridized carbons (Fsp3) is 0.395. The summed E-state index contributed by atoms with van der Waals surface area (Å²) in [7, 11) is 0. The van der Waals surface area contributed by atoms with Gasteiger partial charge in [-0.3, -0.25) is 24.5 Å². The third kappa shape index (κ3) is 6.59. The van der Waals surface area contributed by atoms with Crippen LogP contribution in [0, 0.1) is 20.8 Å². The molecule has 9 rings (SSSR count). The van der Waals surface area contributed by atoms with Gasteiger partial charge in [-0.05, 0) is 106 Å². The molecule has 6 heterocycles. The lowest BCUT2D eigenvalue weighted by Crippen LogP contribution is -2.65. The van der Waals surface area contributed by atoms with Crippen LogP contribution >= 0.6 is 11.3 Å². The van der Waals surface area contributed by atoms with Crippen LogP contribution in [0.5, 0.6) is 11.5 Å². The van der Waals surface area contributed by atoms with Gasteiger partial charge >= 0.3 is 0 Å². The Balaban J connectivity index is 0.771. The van der Waals surface area contributed by atoms with E-state index in [1.54, 1.807) is 23.5 Å². The summed E-state index contributed by atoms with van der Waals surface area (Å²) in [5.74, 6) is 2.71. The van der Waals surface area contributed by atoms with E-state index < -0.39 is 5.67 Å². The van der Waals surface area contributed by atoms with Crippen LogP contribution < -0.4 is 4.74 Å². The first-order valence-corrected chi connectivity index (χ1v) is 20.2. The summed E-state index contributed by atoms with van der Waals surface area (Å²) >= 11 is 1.76. The van der Waals surface area contributed by atoms with E-state index in [1.165, 1.54) is 21.6 Å². The number of fused-ring (bicyclic) bond motifs is 6. The van der Waals surface area contributed by atoms with Gasteiger partial charge in [-0.25, -0.2) is 4.39 Å². The molecular weight excluding hydrogens is 728 g/mol. The standard InChI is InChI=1S/C43H47FN8O3S/c1-25-20-35-34(14-15-37-36(35)21-45-48-37)40(31-6-10-32(53)11-7-31)51(25)24-43(44)22-50(23-43)16-17-54-18-19-55-33-12-8-30(9-13-33)39-38-26(2)28(4)56-42(38)52-29(5)47-49-41(52)27(3)46-39/h6-15,21,25,27,40,53H,16-20,22-24H2,1-5H3,(H,45,48)/t25-,27+,40-/m1/s1. The number of likely N-dealkylation sites (tertiary alicyclic amines) is 1. The predicted octanol–water partition coefficient (Wildman–Crippen LogP) is 7.20. The Kier molecular flexibility index (Phi) is 9.51. The number of H-pyrrole nitrogens is 1. The van der Waals surface area contributed by atoms with Gasteiger partial charge in [0.25, 0.3) is 0 Å². The quantitative estimate of drug-likeness (QED) is 0.133. The van der Waals surface area contributed by atoms with E-state index in [4.69, 9.17) is 14.5 Å². The Morgan fingerprint density at radius 2 is 1.75 bits per heavy atom. The lowest BCUT2D eigenvalue weighted by molar-refractivity contribution is -0.0751. The molecule has 1 saturated heterocycles. The average Bonchev–Trinajstić information content (AvgIpc) is 3.87. The monoisotopic (exact) mass is 774 g/mol. The number of ether oxygens (including phenoxy) is 2. The number of nitrogens with zero attached hydrogens (tertiary/aromatic N) is 7. The molecule has 3 aliphatic heterocycles. The van der Waals surface area contributed by atoms with Crippen molar-refractivity contribution in [2.45, 2.75) is 64.8 Å². The molecule has 0 amide bonds. The molecule has 0 radical (unpaired) electrons. The summed E-state index contributed by atoms with van der Waals surface area (Å²) in [6.45, 7) is 13.6. The van der Waals surface area contributed by atoms with Crippen LogP contribution in [0.3, 0.4) is 0 Å². The lowest BCUT2D eigenvalue weighted by Gasteiger charge is -2.51. The number of rotatable bonds is 11. The number of aromatic nitrogens is 5. The molecule has 1 fully saturated rings. The number of thiophene rings is 1. The Labute approximate surface area is 329 Å². The molecule has 6 aromatic rings. The summed E-state index contributed by atoms with van der Waals surface area (Å²) < 4.78 is 30.5. The van der Waals surface area contributed by atoms with E-state index in [1.807, 2.05) is 37.4 Å². The summed E-state index contributed by atoms with van der Waals surface area (Å²) in [4.78, 5) is 10.8. The van der Waals surface area contributed by atoms with Crippen molar-refractivity contribution in [1.29, 1.82) is 0 Å². The molecule has 3 aromatic heterocycles. The number of halogens is 1. The molecule has 0 aliphatic carbocycles. The third-order valence-corrected chi connectivity index (χ3v) is 12.9. The maximum Gasteiger partial charge on any atom is 0.162 e. The zero-order valence-corrected chi connectivity index (χ0v) is 33.2. The topological polar surface area (TPSA) is 117 Å². The van der Waals surface area contributed by atoms with E-state index in [-0.39, 0.29) is 23.9 Å². The predicted molar refractivity (Wildman–Crippen MR) is 216 cm³/mol. The molecule has 3 aliphatic rings. The van der Waals surface area contributed by atoms with E-state index >= 15 is 4.39 Å². The van der Waals surface area contributed by atoms with Crippen molar-refractivity contribution in [3.63, 3.8) is 0 Å². The zero-order chi connectivity index (χ0) is 38.7. The fourth-order valence-corrected chi connectivity index (χ4v) is 9.96. The van der Waals surface area contributed by atoms with Crippen LogP contribution in [0.2, 0.25) is 0 Å². The average molecular weight is 775 g/mol. The summed E-state index contributed by atoms with van der Waals surface area (Å²) in [5, 5.41) is 28.4. The van der Waals surface area contributed by atoms with Crippen molar-refractivity contribution in [2.24, 2.45) is 4.99 Å². The maximum atomic E-state index is 16.4. The van der Waals surface area contributed by atoms with Gasteiger partial charge in [0, 0.05) is 53.6 Å². The molecule has 290 valence electrons. The van der Waals surface area contributed by atoms with Gasteiger partial charge in [0.1, 0.15) is 40.6 Å². The molecule has 56 heavy (non-hydrogen) atoms. The van der Waals surface area contributed by atoms with Crippen LogP contribution in [0.25, 0.3) is 15.9 Å².